The van der Waals surface area contributed by atoms with Crippen molar-refractivity contribution in [2.24, 2.45) is 0 Å². The number of rotatable bonds is 3. The molecule has 1 amide bonds. The molecule has 0 unspecified atom stereocenters. The second kappa shape index (κ2) is 6.97. The molecule has 0 aliphatic rings. The van der Waals surface area contributed by atoms with Crippen molar-refractivity contribution in [2.45, 2.75) is 0 Å². The van der Waals surface area contributed by atoms with Gasteiger partial charge in [0, 0.05) is 26.6 Å². The van der Waals surface area contributed by atoms with E-state index in [0.717, 1.165) is 11.3 Å². The number of pyridine rings is 1. The standard InChI is InChI=1S/C15H8BrCl2N3OS/c16-9-5-11(13(18)19-6-9)14(22)21-15-20-12(7-23-15)8-1-3-10(17)4-2-8/h1-7H,(H,20,21,22). The summed E-state index contributed by atoms with van der Waals surface area (Å²) in [6, 6.07) is 8.94. The van der Waals surface area contributed by atoms with E-state index < -0.39 is 0 Å². The van der Waals surface area contributed by atoms with E-state index in [4.69, 9.17) is 23.2 Å². The molecule has 116 valence electrons. The van der Waals surface area contributed by atoms with Gasteiger partial charge in [-0.15, -0.1) is 11.3 Å². The summed E-state index contributed by atoms with van der Waals surface area (Å²) in [5, 5.41) is 5.87. The minimum absolute atomic E-state index is 0.139. The first-order chi connectivity index (χ1) is 11.0. The van der Waals surface area contributed by atoms with Crippen LogP contribution in [0.3, 0.4) is 0 Å². The fourth-order valence-corrected chi connectivity index (χ4v) is 3.19. The van der Waals surface area contributed by atoms with Gasteiger partial charge in [0.25, 0.3) is 5.91 Å². The molecule has 0 bridgehead atoms. The average molecular weight is 429 g/mol. The number of benzene rings is 1. The van der Waals surface area contributed by atoms with Crippen molar-refractivity contribution in [3.05, 3.63) is 62.1 Å². The van der Waals surface area contributed by atoms with Gasteiger partial charge >= 0.3 is 0 Å². The van der Waals surface area contributed by atoms with Crippen LogP contribution in [0.5, 0.6) is 0 Å². The molecule has 1 N–H and O–H groups in total. The fourth-order valence-electron chi connectivity index (χ4n) is 1.83. The van der Waals surface area contributed by atoms with Crippen LogP contribution in [0.25, 0.3) is 11.3 Å². The van der Waals surface area contributed by atoms with Crippen molar-refractivity contribution in [3.8, 4) is 11.3 Å². The molecule has 3 aromatic rings. The van der Waals surface area contributed by atoms with E-state index >= 15 is 0 Å². The lowest BCUT2D eigenvalue weighted by atomic mass is 10.2. The third kappa shape index (κ3) is 3.90. The monoisotopic (exact) mass is 427 g/mol. The fraction of sp³-hybridized carbons (Fsp3) is 0. The summed E-state index contributed by atoms with van der Waals surface area (Å²) in [5.74, 6) is -0.360. The maximum Gasteiger partial charge on any atom is 0.260 e. The summed E-state index contributed by atoms with van der Waals surface area (Å²) in [4.78, 5) is 20.6. The molecular formula is C15H8BrCl2N3OS. The smallest absolute Gasteiger partial charge is 0.260 e. The number of carbonyl (C=O) groups excluding carboxylic acids is 1. The van der Waals surface area contributed by atoms with Gasteiger partial charge in [0.1, 0.15) is 5.15 Å². The molecule has 8 heteroatoms. The first-order valence-corrected chi connectivity index (χ1v) is 8.79. The van der Waals surface area contributed by atoms with E-state index in [-0.39, 0.29) is 16.6 Å². The highest BCUT2D eigenvalue weighted by molar-refractivity contribution is 9.10. The van der Waals surface area contributed by atoms with Gasteiger partial charge < -0.3 is 0 Å². The quantitative estimate of drug-likeness (QED) is 0.558. The van der Waals surface area contributed by atoms with E-state index in [9.17, 15) is 4.79 Å². The number of nitrogens with zero attached hydrogens (tertiary/aromatic N) is 2. The summed E-state index contributed by atoms with van der Waals surface area (Å²) in [6.07, 6.45) is 1.53. The molecule has 4 nitrogen and oxygen atoms in total. The van der Waals surface area contributed by atoms with Gasteiger partial charge in [-0.25, -0.2) is 9.97 Å². The molecule has 1 aromatic carbocycles. The van der Waals surface area contributed by atoms with Crippen LogP contribution in [0, 0.1) is 0 Å². The van der Waals surface area contributed by atoms with Gasteiger partial charge in [0.15, 0.2) is 5.13 Å². The Kier molecular flexibility index (Phi) is 4.96. The van der Waals surface area contributed by atoms with Crippen molar-refractivity contribution < 1.29 is 4.79 Å². The number of nitrogens with one attached hydrogen (secondary N) is 1. The number of halogens is 3. The Morgan fingerprint density at radius 2 is 1.96 bits per heavy atom. The zero-order chi connectivity index (χ0) is 16.4. The average Bonchev–Trinajstić information content (AvgIpc) is 2.99. The molecule has 0 saturated heterocycles. The molecule has 0 radical (unpaired) electrons. The Balaban J connectivity index is 1.80. The normalized spacial score (nSPS) is 10.6. The van der Waals surface area contributed by atoms with E-state index in [1.165, 1.54) is 17.5 Å². The predicted molar refractivity (Wildman–Crippen MR) is 97.5 cm³/mol. The molecule has 23 heavy (non-hydrogen) atoms. The highest BCUT2D eigenvalue weighted by atomic mass is 79.9. The largest absolute Gasteiger partial charge is 0.298 e. The Labute approximate surface area is 154 Å². The highest BCUT2D eigenvalue weighted by Crippen LogP contribution is 2.27. The molecule has 0 aliphatic heterocycles. The Morgan fingerprint density at radius 1 is 1.22 bits per heavy atom. The molecule has 0 spiro atoms. The first kappa shape index (κ1) is 16.4. The van der Waals surface area contributed by atoms with Crippen LogP contribution in [0.1, 0.15) is 10.4 Å². The minimum Gasteiger partial charge on any atom is -0.298 e. The zero-order valence-corrected chi connectivity index (χ0v) is 15.3. The maximum absolute atomic E-state index is 12.3. The van der Waals surface area contributed by atoms with Crippen LogP contribution in [-0.2, 0) is 0 Å². The molecule has 0 atom stereocenters. The van der Waals surface area contributed by atoms with Crippen LogP contribution in [-0.4, -0.2) is 15.9 Å². The lowest BCUT2D eigenvalue weighted by molar-refractivity contribution is 0.102. The molecule has 2 aromatic heterocycles. The van der Waals surface area contributed by atoms with Crippen molar-refractivity contribution in [1.82, 2.24) is 9.97 Å². The van der Waals surface area contributed by atoms with Gasteiger partial charge in [-0.2, -0.15) is 0 Å². The van der Waals surface area contributed by atoms with Gasteiger partial charge in [-0.3, -0.25) is 10.1 Å². The third-order valence-corrected chi connectivity index (χ3v) is 4.66. The minimum atomic E-state index is -0.360. The van der Waals surface area contributed by atoms with Crippen LogP contribution in [0.4, 0.5) is 5.13 Å². The first-order valence-electron chi connectivity index (χ1n) is 6.37. The lowest BCUT2D eigenvalue weighted by Gasteiger charge is -2.04. The second-order valence-corrected chi connectivity index (χ2v) is 7.06. The van der Waals surface area contributed by atoms with Crippen LogP contribution >= 0.6 is 50.5 Å². The summed E-state index contributed by atoms with van der Waals surface area (Å²) in [7, 11) is 0. The molecule has 0 fully saturated rings. The SMILES string of the molecule is O=C(Nc1nc(-c2ccc(Cl)cc2)cs1)c1cc(Br)cnc1Cl. The van der Waals surface area contributed by atoms with Crippen molar-refractivity contribution >= 4 is 61.5 Å². The van der Waals surface area contributed by atoms with Gasteiger partial charge in [-0.1, -0.05) is 35.3 Å². The Hall–Kier alpha value is -1.47. The zero-order valence-electron chi connectivity index (χ0n) is 11.4. The van der Waals surface area contributed by atoms with Crippen molar-refractivity contribution in [1.29, 1.82) is 0 Å². The van der Waals surface area contributed by atoms with Gasteiger partial charge in [0.2, 0.25) is 0 Å². The van der Waals surface area contributed by atoms with Crippen molar-refractivity contribution in [2.75, 3.05) is 5.32 Å². The number of aromatic nitrogens is 2. The van der Waals surface area contributed by atoms with Gasteiger partial charge in [0.05, 0.1) is 11.3 Å². The molecule has 0 saturated carbocycles. The van der Waals surface area contributed by atoms with E-state index in [2.05, 4.69) is 31.2 Å². The van der Waals surface area contributed by atoms with E-state index in [1.807, 2.05) is 17.5 Å². The highest BCUT2D eigenvalue weighted by Gasteiger charge is 2.14. The topological polar surface area (TPSA) is 54.9 Å². The number of anilines is 1. The van der Waals surface area contributed by atoms with E-state index in [0.29, 0.717) is 14.6 Å². The number of hydrogen-bond donors (Lipinski definition) is 1. The van der Waals surface area contributed by atoms with E-state index in [1.54, 1.807) is 18.2 Å². The number of amides is 1. The number of carbonyl (C=O) groups is 1. The number of hydrogen-bond acceptors (Lipinski definition) is 4. The summed E-state index contributed by atoms with van der Waals surface area (Å²) in [5.41, 5.74) is 1.97. The molecule has 0 aliphatic carbocycles. The van der Waals surface area contributed by atoms with Crippen LogP contribution in [0.2, 0.25) is 10.2 Å². The van der Waals surface area contributed by atoms with Crippen molar-refractivity contribution in [3.63, 3.8) is 0 Å². The number of thiazole rings is 1. The molecule has 2 heterocycles. The Bertz CT molecular complexity index is 867. The lowest BCUT2D eigenvalue weighted by Crippen LogP contribution is -2.12. The molecular weight excluding hydrogens is 421 g/mol. The second-order valence-electron chi connectivity index (χ2n) is 4.49. The van der Waals surface area contributed by atoms with Crippen LogP contribution < -0.4 is 5.32 Å². The molecule has 3 rings (SSSR count). The summed E-state index contributed by atoms with van der Waals surface area (Å²) < 4.78 is 0.674. The summed E-state index contributed by atoms with van der Waals surface area (Å²) in [6.45, 7) is 0. The Morgan fingerprint density at radius 3 is 2.70 bits per heavy atom. The predicted octanol–water partition coefficient (Wildman–Crippen LogP) is 5.53. The van der Waals surface area contributed by atoms with Crippen LogP contribution in [0.15, 0.2) is 46.4 Å². The van der Waals surface area contributed by atoms with Gasteiger partial charge in [-0.05, 0) is 34.1 Å². The summed E-state index contributed by atoms with van der Waals surface area (Å²) >= 11 is 16.4. The maximum atomic E-state index is 12.3. The third-order valence-electron chi connectivity index (χ3n) is 2.91.